The van der Waals surface area contributed by atoms with Crippen LogP contribution >= 0.6 is 0 Å². The normalized spacial score (nSPS) is 15.7. The smallest absolute Gasteiger partial charge is 0.256 e. The maximum absolute atomic E-state index is 13.7. The van der Waals surface area contributed by atoms with Crippen LogP contribution in [0.1, 0.15) is 20.7 Å². The first-order chi connectivity index (χ1) is 21.6. The van der Waals surface area contributed by atoms with Gasteiger partial charge in [0.1, 0.15) is 5.75 Å². The molecule has 2 N–H and O–H groups in total. The average Bonchev–Trinajstić information content (AvgIpc) is 3.08. The minimum atomic E-state index is -0.210. The second-order valence-corrected chi connectivity index (χ2v) is 11.1. The van der Waals surface area contributed by atoms with Gasteiger partial charge >= 0.3 is 0 Å². The highest BCUT2D eigenvalue weighted by molar-refractivity contribution is 6.13. The highest BCUT2D eigenvalue weighted by Gasteiger charge is 2.24. The van der Waals surface area contributed by atoms with E-state index in [-0.39, 0.29) is 11.8 Å². The minimum Gasteiger partial charge on any atom is -0.495 e. The molecule has 2 amide bonds. The summed E-state index contributed by atoms with van der Waals surface area (Å²) in [5.74, 6) is 0.493. The van der Waals surface area contributed by atoms with Gasteiger partial charge in [0, 0.05) is 69.3 Å². The van der Waals surface area contributed by atoms with Crippen LogP contribution in [-0.2, 0) is 4.74 Å². The molecule has 2 heterocycles. The number of carbonyl (C=O) groups is 2. The van der Waals surface area contributed by atoms with Gasteiger partial charge in [0.25, 0.3) is 11.8 Å². The van der Waals surface area contributed by atoms with E-state index in [1.165, 1.54) is 0 Å². The van der Waals surface area contributed by atoms with Gasteiger partial charge in [-0.1, -0.05) is 48.5 Å². The van der Waals surface area contributed by atoms with Crippen LogP contribution in [0.3, 0.4) is 0 Å². The number of rotatable bonds is 9. The number of hydrogen-bond acceptors (Lipinski definition) is 7. The lowest BCUT2D eigenvalue weighted by Gasteiger charge is -2.38. The first-order valence-electron chi connectivity index (χ1n) is 15.2. The Hall–Kier alpha value is -4.60. The molecule has 9 heteroatoms. The molecule has 228 valence electrons. The van der Waals surface area contributed by atoms with Crippen LogP contribution in [0.2, 0.25) is 0 Å². The molecular formula is C35H39N5O4. The average molecular weight is 594 g/mol. The van der Waals surface area contributed by atoms with Gasteiger partial charge in [-0.05, 0) is 47.2 Å². The molecule has 0 spiro atoms. The zero-order chi connectivity index (χ0) is 30.3. The van der Waals surface area contributed by atoms with Crippen molar-refractivity contribution in [3.05, 3.63) is 96.1 Å². The van der Waals surface area contributed by atoms with Gasteiger partial charge in [-0.25, -0.2) is 0 Å². The summed E-state index contributed by atoms with van der Waals surface area (Å²) < 4.78 is 11.0. The number of piperazine rings is 1. The second-order valence-electron chi connectivity index (χ2n) is 11.1. The number of morpholine rings is 1. The van der Waals surface area contributed by atoms with Crippen molar-refractivity contribution in [3.8, 4) is 5.75 Å². The number of nitrogens with one attached hydrogen (secondary N) is 2. The zero-order valence-corrected chi connectivity index (χ0v) is 25.1. The lowest BCUT2D eigenvalue weighted by atomic mass is 10.0. The Kier molecular flexibility index (Phi) is 9.24. The van der Waals surface area contributed by atoms with E-state index in [4.69, 9.17) is 9.47 Å². The number of para-hydroxylation sites is 2. The standard InChI is InChI=1S/C35H39N5O4/c1-43-33-12-5-4-11-32(33)40-19-17-39(18-20-40)31-14-13-27(25-30(31)34(41)36-15-16-38-21-23-44-24-22-38)37-35(42)29-10-6-8-26-7-2-3-9-28(26)29/h2-14,25H,15-24H2,1H3,(H,36,41)(H,37,42). The van der Waals surface area contributed by atoms with Crippen LogP contribution in [0.5, 0.6) is 5.75 Å². The van der Waals surface area contributed by atoms with Crippen LogP contribution in [0.4, 0.5) is 17.1 Å². The number of carbonyl (C=O) groups excluding carboxylic acids is 2. The molecule has 0 radical (unpaired) electrons. The second kappa shape index (κ2) is 13.8. The highest BCUT2D eigenvalue weighted by Crippen LogP contribution is 2.31. The highest BCUT2D eigenvalue weighted by atomic mass is 16.5. The van der Waals surface area contributed by atoms with Gasteiger partial charge in [-0.15, -0.1) is 0 Å². The number of methoxy groups -OCH3 is 1. The van der Waals surface area contributed by atoms with E-state index in [1.807, 2.05) is 72.8 Å². The fourth-order valence-corrected chi connectivity index (χ4v) is 6.02. The van der Waals surface area contributed by atoms with Crippen molar-refractivity contribution in [2.45, 2.75) is 0 Å². The van der Waals surface area contributed by atoms with Gasteiger partial charge in [-0.2, -0.15) is 0 Å². The summed E-state index contributed by atoms with van der Waals surface area (Å²) in [6, 6.07) is 27.2. The summed E-state index contributed by atoms with van der Waals surface area (Å²) in [5.41, 5.74) is 3.65. The molecule has 2 saturated heterocycles. The maximum atomic E-state index is 13.7. The Morgan fingerprint density at radius 2 is 1.45 bits per heavy atom. The molecule has 44 heavy (non-hydrogen) atoms. The van der Waals surface area contributed by atoms with Crippen LogP contribution in [-0.4, -0.2) is 89.4 Å². The third-order valence-electron chi connectivity index (χ3n) is 8.40. The molecule has 9 nitrogen and oxygen atoms in total. The van der Waals surface area contributed by atoms with Crippen LogP contribution < -0.4 is 25.2 Å². The molecule has 0 bridgehead atoms. The molecule has 4 aromatic rings. The SMILES string of the molecule is COc1ccccc1N1CCN(c2ccc(NC(=O)c3cccc4ccccc34)cc2C(=O)NCCN2CCOCC2)CC1. The van der Waals surface area contributed by atoms with Gasteiger partial charge in [-0.3, -0.25) is 14.5 Å². The van der Waals surface area contributed by atoms with E-state index < -0.39 is 0 Å². The third-order valence-corrected chi connectivity index (χ3v) is 8.40. The van der Waals surface area contributed by atoms with E-state index in [0.717, 1.165) is 86.9 Å². The van der Waals surface area contributed by atoms with Crippen molar-refractivity contribution in [1.82, 2.24) is 10.2 Å². The number of nitrogens with zero attached hydrogens (tertiary/aromatic N) is 3. The largest absolute Gasteiger partial charge is 0.495 e. The van der Waals surface area contributed by atoms with Gasteiger partial charge < -0.3 is 29.9 Å². The Labute approximate surface area is 258 Å². The molecule has 0 aromatic heterocycles. The molecule has 0 atom stereocenters. The first kappa shape index (κ1) is 29.5. The quantitative estimate of drug-likeness (QED) is 0.296. The molecule has 0 saturated carbocycles. The number of fused-ring (bicyclic) bond motifs is 1. The molecule has 4 aromatic carbocycles. The molecule has 2 aliphatic rings. The molecule has 0 aliphatic carbocycles. The number of amides is 2. The predicted molar refractivity (Wildman–Crippen MR) is 175 cm³/mol. The van der Waals surface area contributed by atoms with Gasteiger partial charge in [0.15, 0.2) is 0 Å². The van der Waals surface area contributed by atoms with E-state index in [9.17, 15) is 9.59 Å². The summed E-state index contributed by atoms with van der Waals surface area (Å²) in [5, 5.41) is 8.06. The Morgan fingerprint density at radius 3 is 2.25 bits per heavy atom. The summed E-state index contributed by atoms with van der Waals surface area (Å²) >= 11 is 0. The van der Waals surface area contributed by atoms with Crippen molar-refractivity contribution >= 4 is 39.6 Å². The topological polar surface area (TPSA) is 86.4 Å². The Balaban J connectivity index is 1.21. The van der Waals surface area contributed by atoms with Gasteiger partial charge in [0.2, 0.25) is 0 Å². The molecule has 2 aliphatic heterocycles. The van der Waals surface area contributed by atoms with Crippen molar-refractivity contribution in [1.29, 1.82) is 0 Å². The zero-order valence-electron chi connectivity index (χ0n) is 25.1. The summed E-state index contributed by atoms with van der Waals surface area (Å²) in [7, 11) is 1.69. The molecule has 2 fully saturated rings. The summed E-state index contributed by atoms with van der Waals surface area (Å²) in [4.78, 5) is 34.0. The lowest BCUT2D eigenvalue weighted by Crippen LogP contribution is -2.47. The monoisotopic (exact) mass is 593 g/mol. The van der Waals surface area contributed by atoms with Crippen LogP contribution in [0, 0.1) is 0 Å². The summed E-state index contributed by atoms with van der Waals surface area (Å²) in [6.07, 6.45) is 0. The first-order valence-corrected chi connectivity index (χ1v) is 15.2. The van der Waals surface area contributed by atoms with Crippen LogP contribution in [0.25, 0.3) is 10.8 Å². The van der Waals surface area contributed by atoms with Gasteiger partial charge in [0.05, 0.1) is 31.6 Å². The van der Waals surface area contributed by atoms with Crippen molar-refractivity contribution < 1.29 is 19.1 Å². The van der Waals surface area contributed by atoms with E-state index >= 15 is 0 Å². The van der Waals surface area contributed by atoms with E-state index in [1.54, 1.807) is 13.2 Å². The number of hydrogen-bond donors (Lipinski definition) is 2. The number of ether oxygens (including phenoxy) is 2. The van der Waals surface area contributed by atoms with Crippen molar-refractivity contribution in [3.63, 3.8) is 0 Å². The lowest BCUT2D eigenvalue weighted by molar-refractivity contribution is 0.0383. The fraction of sp³-hybridized carbons (Fsp3) is 0.314. The predicted octanol–water partition coefficient (Wildman–Crippen LogP) is 4.49. The third kappa shape index (κ3) is 6.64. The molecular weight excluding hydrogens is 554 g/mol. The van der Waals surface area contributed by atoms with E-state index in [2.05, 4.69) is 31.4 Å². The Morgan fingerprint density at radius 1 is 0.750 bits per heavy atom. The minimum absolute atomic E-state index is 0.151. The maximum Gasteiger partial charge on any atom is 0.256 e. The van der Waals surface area contributed by atoms with Crippen LogP contribution in [0.15, 0.2) is 84.9 Å². The molecule has 0 unspecified atom stereocenters. The number of benzene rings is 4. The summed E-state index contributed by atoms with van der Waals surface area (Å²) in [6.45, 7) is 7.54. The van der Waals surface area contributed by atoms with Crippen molar-refractivity contribution in [2.24, 2.45) is 0 Å². The van der Waals surface area contributed by atoms with Crippen molar-refractivity contribution in [2.75, 3.05) is 87.8 Å². The molecule has 6 rings (SSSR count). The van der Waals surface area contributed by atoms with E-state index in [0.29, 0.717) is 23.4 Å². The Bertz CT molecular complexity index is 1610. The number of anilines is 3. The fourth-order valence-electron chi connectivity index (χ4n) is 6.02.